The first-order valence-corrected chi connectivity index (χ1v) is 15.9. The normalized spacial score (nSPS) is 19.6. The Kier molecular flexibility index (Phi) is 11.4. The molecule has 2 aromatic heterocycles. The minimum Gasteiger partial charge on any atom is -0.359 e. The Bertz CT molecular complexity index is 1760. The van der Waals surface area contributed by atoms with Crippen molar-refractivity contribution in [3.8, 4) is 0 Å². The quantitative estimate of drug-likeness (QED) is 0.209. The number of amides is 5. The van der Waals surface area contributed by atoms with E-state index in [1.54, 1.807) is 6.92 Å². The number of carbonyl (C=O) groups is 5. The molecule has 4 aromatic rings. The molecule has 5 amide bonds. The maximum absolute atomic E-state index is 13.8. The summed E-state index contributed by atoms with van der Waals surface area (Å²) in [4.78, 5) is 68.6. The van der Waals surface area contributed by atoms with Crippen molar-refractivity contribution >= 4 is 29.5 Å². The fraction of sp³-hybridized carbons (Fsp3) is 0.364. The van der Waals surface area contributed by atoms with Gasteiger partial charge >= 0.3 is 0 Å². The number of nitrogens with zero attached hydrogens (tertiary/aromatic N) is 6. The van der Waals surface area contributed by atoms with E-state index < -0.39 is 41.8 Å². The van der Waals surface area contributed by atoms with Crippen LogP contribution in [0.5, 0.6) is 0 Å². The van der Waals surface area contributed by atoms with E-state index in [1.165, 1.54) is 22.6 Å². The predicted molar refractivity (Wildman–Crippen MR) is 173 cm³/mol. The second kappa shape index (κ2) is 16.3. The Morgan fingerprint density at radius 2 is 1.51 bits per heavy atom. The van der Waals surface area contributed by atoms with E-state index >= 15 is 0 Å². The Balaban J connectivity index is 1.41. The number of hydrogen-bond acceptors (Lipinski definition) is 10. The zero-order valence-electron chi connectivity index (χ0n) is 27.2. The molecule has 0 spiro atoms. The molecule has 16 nitrogen and oxygen atoms in total. The summed E-state index contributed by atoms with van der Waals surface area (Å²) in [6, 6.07) is 16.6. The van der Waals surface area contributed by atoms with Crippen LogP contribution in [0.2, 0.25) is 0 Å². The first-order valence-electron chi connectivity index (χ1n) is 15.9. The fourth-order valence-electron chi connectivity index (χ4n) is 5.25. The number of nitrogens with one attached hydrogen (secondary N) is 4. The molecule has 16 heteroatoms. The molecule has 3 heterocycles. The number of fused-ring (bicyclic) bond motifs is 2. The SMILES string of the molecule is Cc1nnnn1CCC(=O)N1CCNC(=O)[C@@H](Cc2ccccc2)NC(=O)[C@H](Cc2ccccc2)NC(=O)[C@H](C)NC(=O)c2cc(on2)C1. The van der Waals surface area contributed by atoms with Gasteiger partial charge in [-0.15, -0.1) is 5.10 Å². The molecule has 5 rings (SSSR count). The lowest BCUT2D eigenvalue weighted by Gasteiger charge is -2.26. The highest BCUT2D eigenvalue weighted by Crippen LogP contribution is 2.12. The summed E-state index contributed by atoms with van der Waals surface area (Å²) in [6.07, 6.45) is 0.349. The molecular weight excluding hydrogens is 632 g/mol. The lowest BCUT2D eigenvalue weighted by Crippen LogP contribution is -2.57. The lowest BCUT2D eigenvalue weighted by atomic mass is 10.0. The van der Waals surface area contributed by atoms with Crippen molar-refractivity contribution in [2.45, 2.75) is 64.3 Å². The number of carbonyl (C=O) groups excluding carboxylic acids is 5. The summed E-state index contributed by atoms with van der Waals surface area (Å²) < 4.78 is 6.88. The minimum absolute atomic E-state index is 0.0405. The fourth-order valence-corrected chi connectivity index (χ4v) is 5.25. The van der Waals surface area contributed by atoms with E-state index in [4.69, 9.17) is 4.52 Å². The molecule has 0 unspecified atom stereocenters. The van der Waals surface area contributed by atoms with E-state index in [0.717, 1.165) is 11.1 Å². The van der Waals surface area contributed by atoms with Crippen molar-refractivity contribution in [2.24, 2.45) is 0 Å². The van der Waals surface area contributed by atoms with Gasteiger partial charge in [0.15, 0.2) is 11.5 Å². The van der Waals surface area contributed by atoms with Crippen molar-refractivity contribution in [3.05, 3.63) is 95.1 Å². The Morgan fingerprint density at radius 3 is 2.14 bits per heavy atom. The third kappa shape index (κ3) is 9.56. The van der Waals surface area contributed by atoms with Gasteiger partial charge in [0, 0.05) is 38.4 Å². The highest BCUT2D eigenvalue weighted by Gasteiger charge is 2.30. The van der Waals surface area contributed by atoms with Gasteiger partial charge in [-0.1, -0.05) is 65.8 Å². The largest absolute Gasteiger partial charge is 0.359 e. The van der Waals surface area contributed by atoms with Crippen LogP contribution in [0.15, 0.2) is 71.3 Å². The van der Waals surface area contributed by atoms with Gasteiger partial charge in [-0.3, -0.25) is 24.0 Å². The molecule has 1 aliphatic heterocycles. The zero-order valence-corrected chi connectivity index (χ0v) is 27.2. The molecule has 49 heavy (non-hydrogen) atoms. The predicted octanol–water partition coefficient (Wildman–Crippen LogP) is 0.0915. The van der Waals surface area contributed by atoms with Gasteiger partial charge in [-0.2, -0.15) is 0 Å². The summed E-state index contributed by atoms with van der Waals surface area (Å²) in [5, 5.41) is 26.1. The summed E-state index contributed by atoms with van der Waals surface area (Å²) >= 11 is 0. The number of tetrazole rings is 1. The van der Waals surface area contributed by atoms with Crippen molar-refractivity contribution in [1.82, 2.24) is 51.5 Å². The monoisotopic (exact) mass is 670 g/mol. The number of hydrogen-bond donors (Lipinski definition) is 4. The summed E-state index contributed by atoms with van der Waals surface area (Å²) in [6.45, 7) is 3.49. The van der Waals surface area contributed by atoms with Crippen molar-refractivity contribution in [1.29, 1.82) is 0 Å². The van der Waals surface area contributed by atoms with Crippen LogP contribution in [0.25, 0.3) is 0 Å². The minimum atomic E-state index is -1.07. The lowest BCUT2D eigenvalue weighted by molar-refractivity contribution is -0.133. The Labute approximate surface area is 282 Å². The number of aromatic nitrogens is 5. The molecule has 256 valence electrons. The molecule has 1 aliphatic rings. The third-order valence-electron chi connectivity index (χ3n) is 7.99. The number of benzene rings is 2. The Morgan fingerprint density at radius 1 is 0.878 bits per heavy atom. The molecule has 4 N–H and O–H groups in total. The van der Waals surface area contributed by atoms with E-state index in [0.29, 0.717) is 5.82 Å². The third-order valence-corrected chi connectivity index (χ3v) is 7.99. The molecular formula is C33H38N10O6. The van der Waals surface area contributed by atoms with Crippen molar-refractivity contribution in [3.63, 3.8) is 0 Å². The van der Waals surface area contributed by atoms with Crippen LogP contribution in [0.1, 0.15) is 46.5 Å². The van der Waals surface area contributed by atoms with Crippen LogP contribution in [-0.4, -0.2) is 91.0 Å². The molecule has 2 bridgehead atoms. The van der Waals surface area contributed by atoms with Gasteiger partial charge in [0.25, 0.3) is 5.91 Å². The van der Waals surface area contributed by atoms with Gasteiger partial charge in [0.05, 0.1) is 13.1 Å². The average molecular weight is 671 g/mol. The van der Waals surface area contributed by atoms with Gasteiger partial charge in [-0.05, 0) is 35.4 Å². The molecule has 0 aliphatic carbocycles. The number of rotatable bonds is 7. The highest BCUT2D eigenvalue weighted by atomic mass is 16.5. The highest BCUT2D eigenvalue weighted by molar-refractivity contribution is 5.97. The molecule has 0 saturated heterocycles. The maximum atomic E-state index is 13.8. The van der Waals surface area contributed by atoms with E-state index in [2.05, 4.69) is 41.9 Å². The topological polar surface area (TPSA) is 206 Å². The van der Waals surface area contributed by atoms with Crippen LogP contribution in [0, 0.1) is 6.92 Å². The maximum Gasteiger partial charge on any atom is 0.274 e. The standard InChI is InChI=1S/C33H38N10O6/c1-21-30(45)36-27(18-24-11-7-4-8-12-24)32(47)37-26(17-23-9-5-3-6-10-23)31(46)34-14-16-42(20-25-19-28(39-49-25)33(48)35-21)29(44)13-15-43-22(2)38-40-41-43/h3-12,19,21,26-27H,13-18,20H2,1-2H3,(H,34,46)(H,35,48)(H,36,45)(H,37,47)/t21-,26+,27-/m0/s1. The van der Waals surface area contributed by atoms with E-state index in [1.807, 2.05) is 60.7 Å². The van der Waals surface area contributed by atoms with Gasteiger partial charge in [0.1, 0.15) is 23.9 Å². The molecule has 2 aromatic carbocycles. The van der Waals surface area contributed by atoms with Crippen LogP contribution < -0.4 is 21.3 Å². The van der Waals surface area contributed by atoms with Gasteiger partial charge in [0.2, 0.25) is 23.6 Å². The second-order valence-electron chi connectivity index (χ2n) is 11.7. The first-order chi connectivity index (χ1) is 23.7. The summed E-state index contributed by atoms with van der Waals surface area (Å²) in [5.41, 5.74) is 1.49. The van der Waals surface area contributed by atoms with Crippen molar-refractivity contribution in [2.75, 3.05) is 13.1 Å². The summed E-state index contributed by atoms with van der Waals surface area (Å²) in [7, 11) is 0. The van der Waals surface area contributed by atoms with Gasteiger partial charge < -0.3 is 30.7 Å². The average Bonchev–Trinajstić information content (AvgIpc) is 3.75. The smallest absolute Gasteiger partial charge is 0.274 e. The van der Waals surface area contributed by atoms with E-state index in [-0.39, 0.29) is 62.8 Å². The molecule has 0 saturated carbocycles. The van der Waals surface area contributed by atoms with Gasteiger partial charge in [-0.25, -0.2) is 4.68 Å². The first kappa shape index (κ1) is 34.4. The number of aryl methyl sites for hydroxylation is 2. The molecule has 3 atom stereocenters. The summed E-state index contributed by atoms with van der Waals surface area (Å²) in [5.74, 6) is -1.86. The van der Waals surface area contributed by atoms with Crippen LogP contribution in [0.3, 0.4) is 0 Å². The molecule has 0 fully saturated rings. The Hall–Kier alpha value is -5.93. The molecule has 0 radical (unpaired) electrons. The van der Waals surface area contributed by atoms with Crippen LogP contribution in [-0.2, 0) is 45.1 Å². The second-order valence-corrected chi connectivity index (χ2v) is 11.7. The van der Waals surface area contributed by atoms with Crippen LogP contribution in [0.4, 0.5) is 0 Å². The van der Waals surface area contributed by atoms with E-state index in [9.17, 15) is 24.0 Å². The van der Waals surface area contributed by atoms with Crippen molar-refractivity contribution < 1.29 is 28.5 Å². The van der Waals surface area contributed by atoms with Crippen LogP contribution >= 0.6 is 0 Å². The zero-order chi connectivity index (χ0) is 34.8.